The molecule has 0 bridgehead atoms. The number of hydrogen-bond acceptors (Lipinski definition) is 5. The fraction of sp³-hybridized carbons (Fsp3) is 0.833. The molecule has 0 spiro atoms. The predicted octanol–water partition coefficient (Wildman–Crippen LogP) is 2.34. The molecule has 1 saturated carbocycles. The lowest BCUT2D eigenvalue weighted by atomic mass is 9.77. The molecular formula is C18H29N3O4. The summed E-state index contributed by atoms with van der Waals surface area (Å²) in [6.07, 6.45) is 6.09. The van der Waals surface area contributed by atoms with E-state index in [1.165, 1.54) is 6.42 Å². The number of nitriles is 1. The second-order valence-electron chi connectivity index (χ2n) is 7.14. The van der Waals surface area contributed by atoms with Crippen LogP contribution in [-0.4, -0.2) is 48.8 Å². The minimum atomic E-state index is -0.973. The van der Waals surface area contributed by atoms with Crippen LogP contribution in [0.15, 0.2) is 0 Å². The van der Waals surface area contributed by atoms with Gasteiger partial charge in [-0.2, -0.15) is 5.26 Å². The highest BCUT2D eigenvalue weighted by Gasteiger charge is 2.40. The quantitative estimate of drug-likeness (QED) is 0.758. The average Bonchev–Trinajstić information content (AvgIpc) is 2.61. The van der Waals surface area contributed by atoms with Crippen LogP contribution < -0.4 is 5.73 Å². The van der Waals surface area contributed by atoms with Crippen molar-refractivity contribution in [2.24, 2.45) is 11.7 Å². The van der Waals surface area contributed by atoms with Gasteiger partial charge in [-0.25, -0.2) is 4.79 Å². The summed E-state index contributed by atoms with van der Waals surface area (Å²) in [7, 11) is 0. The van der Waals surface area contributed by atoms with Crippen molar-refractivity contribution in [2.75, 3.05) is 26.3 Å². The lowest BCUT2D eigenvalue weighted by molar-refractivity contribution is -0.141. The Morgan fingerprint density at radius 1 is 1.24 bits per heavy atom. The Balaban J connectivity index is 2.12. The van der Waals surface area contributed by atoms with Crippen LogP contribution >= 0.6 is 0 Å². The number of ether oxygens (including phenoxy) is 2. The Morgan fingerprint density at radius 3 is 2.52 bits per heavy atom. The number of carbonyl (C=O) groups excluding carboxylic acids is 2. The van der Waals surface area contributed by atoms with Crippen LogP contribution in [0.3, 0.4) is 0 Å². The number of morpholine rings is 1. The van der Waals surface area contributed by atoms with Gasteiger partial charge in [0.15, 0.2) is 0 Å². The molecule has 2 aliphatic rings. The van der Waals surface area contributed by atoms with Crippen molar-refractivity contribution in [1.29, 1.82) is 5.26 Å². The van der Waals surface area contributed by atoms with E-state index in [0.717, 1.165) is 25.7 Å². The topological polar surface area (TPSA) is 106 Å². The van der Waals surface area contributed by atoms with E-state index in [1.807, 2.05) is 0 Å². The van der Waals surface area contributed by atoms with E-state index in [9.17, 15) is 9.59 Å². The molecule has 1 heterocycles. The van der Waals surface area contributed by atoms with Gasteiger partial charge in [-0.15, -0.1) is 0 Å². The highest BCUT2D eigenvalue weighted by Crippen LogP contribution is 2.37. The zero-order valence-corrected chi connectivity index (χ0v) is 14.9. The second-order valence-corrected chi connectivity index (χ2v) is 7.14. The third kappa shape index (κ3) is 6.20. The summed E-state index contributed by atoms with van der Waals surface area (Å²) in [6.45, 7) is 2.15. The summed E-state index contributed by atoms with van der Waals surface area (Å²) in [5.74, 6) is 0.350. The number of nitrogens with zero attached hydrogens (tertiary/aromatic N) is 2. The molecule has 0 aromatic carbocycles. The Hall–Kier alpha value is -1.81. The van der Waals surface area contributed by atoms with Crippen LogP contribution in [-0.2, 0) is 14.3 Å². The van der Waals surface area contributed by atoms with Crippen molar-refractivity contribution in [3.8, 4) is 6.07 Å². The molecule has 1 atom stereocenters. The fourth-order valence-corrected chi connectivity index (χ4v) is 4.01. The lowest BCUT2D eigenvalue weighted by Gasteiger charge is -2.38. The maximum Gasteiger partial charge on any atom is 0.405 e. The Labute approximate surface area is 149 Å². The van der Waals surface area contributed by atoms with Crippen LogP contribution in [0.5, 0.6) is 0 Å². The van der Waals surface area contributed by atoms with Gasteiger partial charge in [-0.3, -0.25) is 4.79 Å². The minimum Gasteiger partial charge on any atom is -0.442 e. The molecule has 1 aliphatic heterocycles. The summed E-state index contributed by atoms with van der Waals surface area (Å²) in [6, 6.07) is 2.11. The van der Waals surface area contributed by atoms with Gasteiger partial charge in [0.1, 0.15) is 5.60 Å². The third-order valence-corrected chi connectivity index (χ3v) is 5.23. The van der Waals surface area contributed by atoms with E-state index >= 15 is 0 Å². The molecule has 7 nitrogen and oxygen atoms in total. The summed E-state index contributed by atoms with van der Waals surface area (Å²) in [5.41, 5.74) is 4.35. The van der Waals surface area contributed by atoms with E-state index in [2.05, 4.69) is 6.07 Å². The van der Waals surface area contributed by atoms with Crippen LogP contribution in [0.4, 0.5) is 4.79 Å². The number of amides is 2. The smallest absolute Gasteiger partial charge is 0.405 e. The van der Waals surface area contributed by atoms with E-state index in [-0.39, 0.29) is 18.7 Å². The average molecular weight is 351 g/mol. The van der Waals surface area contributed by atoms with Crippen molar-refractivity contribution >= 4 is 12.0 Å². The predicted molar refractivity (Wildman–Crippen MR) is 91.5 cm³/mol. The summed E-state index contributed by atoms with van der Waals surface area (Å²) in [5, 5.41) is 9.02. The van der Waals surface area contributed by atoms with Gasteiger partial charge in [-0.05, 0) is 12.3 Å². The molecule has 7 heteroatoms. The normalized spacial score (nSPS) is 21.2. The number of primary amides is 1. The van der Waals surface area contributed by atoms with Crippen LogP contribution in [0, 0.1) is 17.2 Å². The largest absolute Gasteiger partial charge is 0.442 e. The van der Waals surface area contributed by atoms with E-state index in [4.69, 9.17) is 20.5 Å². The minimum absolute atomic E-state index is 0.0571. The molecule has 25 heavy (non-hydrogen) atoms. The highest BCUT2D eigenvalue weighted by molar-refractivity contribution is 5.78. The first-order chi connectivity index (χ1) is 12.0. The first-order valence-electron chi connectivity index (χ1n) is 9.25. The number of hydrogen-bond donors (Lipinski definition) is 1. The van der Waals surface area contributed by atoms with Gasteiger partial charge in [0.25, 0.3) is 0 Å². The van der Waals surface area contributed by atoms with Crippen molar-refractivity contribution in [1.82, 2.24) is 4.90 Å². The summed E-state index contributed by atoms with van der Waals surface area (Å²) < 4.78 is 10.8. The first-order valence-corrected chi connectivity index (χ1v) is 9.25. The third-order valence-electron chi connectivity index (χ3n) is 5.23. The maximum atomic E-state index is 12.8. The van der Waals surface area contributed by atoms with Crippen LogP contribution in [0.25, 0.3) is 0 Å². The Bertz CT molecular complexity index is 493. The van der Waals surface area contributed by atoms with Gasteiger partial charge >= 0.3 is 6.09 Å². The van der Waals surface area contributed by atoms with Crippen LogP contribution in [0.2, 0.25) is 0 Å². The van der Waals surface area contributed by atoms with Gasteiger partial charge in [-0.1, -0.05) is 32.1 Å². The molecule has 0 aromatic rings. The Kier molecular flexibility index (Phi) is 7.51. The molecular weight excluding hydrogens is 322 g/mol. The monoisotopic (exact) mass is 351 g/mol. The second kappa shape index (κ2) is 9.62. The molecule has 2 amide bonds. The Morgan fingerprint density at radius 2 is 1.92 bits per heavy atom. The number of nitrogens with two attached hydrogens (primary N) is 1. The number of rotatable bonds is 7. The van der Waals surface area contributed by atoms with Gasteiger partial charge < -0.3 is 20.1 Å². The lowest BCUT2D eigenvalue weighted by Crippen LogP contribution is -2.47. The number of carbonyl (C=O) groups is 2. The zero-order valence-electron chi connectivity index (χ0n) is 14.9. The molecule has 2 fully saturated rings. The first kappa shape index (κ1) is 19.5. The standard InChI is InChI=1S/C18H29N3O4/c19-8-4-7-18(25-17(20)23,13-15-5-2-1-3-6-15)14-16(22)21-9-11-24-12-10-21/h15H,1-7,9-14H2,(H2,20,23)/t18-/m0/s1. The maximum absolute atomic E-state index is 12.8. The van der Waals surface area contributed by atoms with Gasteiger partial charge in [0, 0.05) is 25.9 Å². The fourth-order valence-electron chi connectivity index (χ4n) is 4.01. The van der Waals surface area contributed by atoms with E-state index in [1.54, 1.807) is 4.90 Å². The molecule has 1 aliphatic carbocycles. The SMILES string of the molecule is N#CCC[C@@](CC(=O)N1CCOCC1)(CC1CCCCC1)OC(N)=O. The van der Waals surface area contributed by atoms with Crippen molar-refractivity contribution < 1.29 is 19.1 Å². The summed E-state index contributed by atoms with van der Waals surface area (Å²) >= 11 is 0. The van der Waals surface area contributed by atoms with Gasteiger partial charge in [0.2, 0.25) is 5.91 Å². The summed E-state index contributed by atoms with van der Waals surface area (Å²) in [4.78, 5) is 26.1. The molecule has 0 radical (unpaired) electrons. The van der Waals surface area contributed by atoms with Gasteiger partial charge in [0.05, 0.1) is 25.7 Å². The van der Waals surface area contributed by atoms with E-state index in [0.29, 0.717) is 45.1 Å². The molecule has 2 rings (SSSR count). The molecule has 0 aromatic heterocycles. The zero-order chi connectivity index (χ0) is 18.1. The molecule has 0 unspecified atom stereocenters. The van der Waals surface area contributed by atoms with Crippen molar-refractivity contribution in [3.05, 3.63) is 0 Å². The molecule has 1 saturated heterocycles. The molecule has 2 N–H and O–H groups in total. The van der Waals surface area contributed by atoms with Crippen LogP contribution in [0.1, 0.15) is 57.8 Å². The van der Waals surface area contributed by atoms with Crippen molar-refractivity contribution in [3.63, 3.8) is 0 Å². The molecule has 140 valence electrons. The van der Waals surface area contributed by atoms with E-state index < -0.39 is 11.7 Å². The highest BCUT2D eigenvalue weighted by atomic mass is 16.6. The van der Waals surface area contributed by atoms with Crippen molar-refractivity contribution in [2.45, 2.75) is 63.4 Å².